The van der Waals surface area contributed by atoms with Gasteiger partial charge in [0, 0.05) is 0 Å². The first-order chi connectivity index (χ1) is 16.2. The van der Waals surface area contributed by atoms with E-state index in [1.165, 1.54) is 24.3 Å². The summed E-state index contributed by atoms with van der Waals surface area (Å²) in [7, 11) is 0. The molecule has 8 nitrogen and oxygen atoms in total. The first-order valence-corrected chi connectivity index (χ1v) is 11.4. The Morgan fingerprint density at radius 2 is 0.735 bits per heavy atom. The van der Waals surface area contributed by atoms with Crippen LogP contribution in [0.1, 0.15) is 104 Å². The third-order valence-electron chi connectivity index (χ3n) is 5.77. The maximum absolute atomic E-state index is 11.3. The molecule has 0 saturated carbocycles. The molecule has 2 rings (SSSR count). The number of carboxylic acids is 4. The molecule has 0 unspecified atom stereocenters. The van der Waals surface area contributed by atoms with Crippen molar-refractivity contribution < 1.29 is 39.6 Å². The standard InChI is InChI=1S/C26H30O8/c27-23(28)19-13-11-17(15-21(19)25(31)32)9-7-5-3-1-2-4-6-8-10-18-12-14-20(24(29)30)22(16-18)26(33)34/h11-16H,1-10H2,(H,27,28)(H,29,30)(H,31,32)(H,33,34). The minimum atomic E-state index is -1.25. The summed E-state index contributed by atoms with van der Waals surface area (Å²) in [6, 6.07) is 8.93. The average Bonchev–Trinajstić information content (AvgIpc) is 2.79. The van der Waals surface area contributed by atoms with Crippen LogP contribution in [0.5, 0.6) is 0 Å². The highest BCUT2D eigenvalue weighted by Crippen LogP contribution is 2.18. The van der Waals surface area contributed by atoms with Crippen LogP contribution < -0.4 is 0 Å². The molecule has 2 aromatic rings. The molecule has 0 aliphatic rings. The van der Waals surface area contributed by atoms with E-state index in [9.17, 15) is 29.4 Å². The molecule has 0 aromatic heterocycles. The molecular weight excluding hydrogens is 440 g/mol. The van der Waals surface area contributed by atoms with Gasteiger partial charge in [-0.3, -0.25) is 0 Å². The van der Waals surface area contributed by atoms with E-state index in [0.717, 1.165) is 62.5 Å². The Morgan fingerprint density at radius 3 is 1.03 bits per heavy atom. The van der Waals surface area contributed by atoms with Crippen molar-refractivity contribution in [3.8, 4) is 0 Å². The van der Waals surface area contributed by atoms with E-state index in [4.69, 9.17) is 10.2 Å². The molecule has 0 heterocycles. The lowest BCUT2D eigenvalue weighted by Crippen LogP contribution is -2.08. The summed E-state index contributed by atoms with van der Waals surface area (Å²) < 4.78 is 0. The zero-order valence-electron chi connectivity index (χ0n) is 19.0. The van der Waals surface area contributed by atoms with Crippen LogP contribution >= 0.6 is 0 Å². The highest BCUT2D eigenvalue weighted by Gasteiger charge is 2.17. The maximum Gasteiger partial charge on any atom is 0.336 e. The van der Waals surface area contributed by atoms with E-state index in [0.29, 0.717) is 12.8 Å². The second-order valence-electron chi connectivity index (χ2n) is 8.31. The molecule has 0 atom stereocenters. The Labute approximate surface area is 197 Å². The van der Waals surface area contributed by atoms with Crippen LogP contribution in [-0.2, 0) is 12.8 Å². The van der Waals surface area contributed by atoms with Crippen molar-refractivity contribution in [2.24, 2.45) is 0 Å². The number of hydrogen-bond donors (Lipinski definition) is 4. The number of rotatable bonds is 15. The molecule has 0 amide bonds. The first kappa shape index (κ1) is 26.6. The van der Waals surface area contributed by atoms with Crippen molar-refractivity contribution in [1.82, 2.24) is 0 Å². The predicted octanol–water partition coefficient (Wildman–Crippen LogP) is 5.39. The fraction of sp³-hybridized carbons (Fsp3) is 0.385. The smallest absolute Gasteiger partial charge is 0.336 e. The summed E-state index contributed by atoms with van der Waals surface area (Å²) in [5.74, 6) is -4.96. The molecule has 0 saturated heterocycles. The van der Waals surface area contributed by atoms with Crippen LogP contribution in [0.15, 0.2) is 36.4 Å². The van der Waals surface area contributed by atoms with Crippen molar-refractivity contribution in [2.75, 3.05) is 0 Å². The first-order valence-electron chi connectivity index (χ1n) is 11.4. The van der Waals surface area contributed by atoms with Crippen molar-refractivity contribution in [2.45, 2.75) is 64.2 Å². The van der Waals surface area contributed by atoms with Gasteiger partial charge in [-0.1, -0.05) is 50.7 Å². The predicted molar refractivity (Wildman–Crippen MR) is 125 cm³/mol. The van der Waals surface area contributed by atoms with Crippen molar-refractivity contribution in [1.29, 1.82) is 0 Å². The third-order valence-corrected chi connectivity index (χ3v) is 5.77. The van der Waals surface area contributed by atoms with Gasteiger partial charge in [0.25, 0.3) is 0 Å². The maximum atomic E-state index is 11.3. The number of aromatic carboxylic acids is 4. The van der Waals surface area contributed by atoms with Crippen molar-refractivity contribution >= 4 is 23.9 Å². The second-order valence-corrected chi connectivity index (χ2v) is 8.31. The van der Waals surface area contributed by atoms with Gasteiger partial charge in [-0.15, -0.1) is 0 Å². The Morgan fingerprint density at radius 1 is 0.441 bits per heavy atom. The Bertz CT molecular complexity index is 958. The normalized spacial score (nSPS) is 10.7. The fourth-order valence-corrected chi connectivity index (χ4v) is 3.94. The zero-order valence-corrected chi connectivity index (χ0v) is 19.0. The van der Waals surface area contributed by atoms with Crippen LogP contribution in [-0.4, -0.2) is 44.3 Å². The van der Waals surface area contributed by atoms with Gasteiger partial charge in [-0.25, -0.2) is 19.2 Å². The molecule has 0 aliphatic carbocycles. The van der Waals surface area contributed by atoms with Gasteiger partial charge in [-0.05, 0) is 61.1 Å². The van der Waals surface area contributed by atoms with E-state index >= 15 is 0 Å². The van der Waals surface area contributed by atoms with Gasteiger partial charge in [0.1, 0.15) is 0 Å². The number of aryl methyl sites for hydroxylation is 2. The fourth-order valence-electron chi connectivity index (χ4n) is 3.94. The molecule has 182 valence electrons. The van der Waals surface area contributed by atoms with Gasteiger partial charge in [0.15, 0.2) is 0 Å². The monoisotopic (exact) mass is 470 g/mol. The number of carbonyl (C=O) groups is 4. The Balaban J connectivity index is 1.62. The van der Waals surface area contributed by atoms with Crippen LogP contribution in [0.3, 0.4) is 0 Å². The van der Waals surface area contributed by atoms with Gasteiger partial charge >= 0.3 is 23.9 Å². The largest absolute Gasteiger partial charge is 0.478 e. The van der Waals surface area contributed by atoms with Crippen LogP contribution in [0.2, 0.25) is 0 Å². The highest BCUT2D eigenvalue weighted by molar-refractivity contribution is 6.02. The van der Waals surface area contributed by atoms with E-state index in [2.05, 4.69) is 0 Å². The quantitative estimate of drug-likeness (QED) is 0.253. The van der Waals surface area contributed by atoms with Crippen molar-refractivity contribution in [3.63, 3.8) is 0 Å². The summed E-state index contributed by atoms with van der Waals surface area (Å²) in [5.41, 5.74) is 0.894. The summed E-state index contributed by atoms with van der Waals surface area (Å²) >= 11 is 0. The van der Waals surface area contributed by atoms with Gasteiger partial charge in [0.05, 0.1) is 22.3 Å². The topological polar surface area (TPSA) is 149 Å². The number of unbranched alkanes of at least 4 members (excludes halogenated alkanes) is 7. The minimum Gasteiger partial charge on any atom is -0.478 e. The zero-order chi connectivity index (χ0) is 25.1. The molecule has 4 N–H and O–H groups in total. The molecule has 0 spiro atoms. The summed E-state index contributed by atoms with van der Waals surface area (Å²) in [5, 5.41) is 36.5. The lowest BCUT2D eigenvalue weighted by molar-refractivity contribution is 0.0651. The van der Waals surface area contributed by atoms with Gasteiger partial charge < -0.3 is 20.4 Å². The minimum absolute atomic E-state index is 0.179. The average molecular weight is 471 g/mol. The second kappa shape index (κ2) is 13.1. The summed E-state index contributed by atoms with van der Waals surface area (Å²) in [6.45, 7) is 0. The number of hydrogen-bond acceptors (Lipinski definition) is 4. The SMILES string of the molecule is O=C(O)c1ccc(CCCCCCCCCCc2ccc(C(=O)O)c(C(=O)O)c2)cc1C(=O)O. The number of carboxylic acid groups (broad SMARTS) is 4. The van der Waals surface area contributed by atoms with Crippen LogP contribution in [0, 0.1) is 0 Å². The Hall–Kier alpha value is -3.68. The number of benzene rings is 2. The lowest BCUT2D eigenvalue weighted by Gasteiger charge is -2.07. The van der Waals surface area contributed by atoms with Crippen LogP contribution in [0.25, 0.3) is 0 Å². The van der Waals surface area contributed by atoms with E-state index in [1.54, 1.807) is 12.1 Å². The molecule has 0 aliphatic heterocycles. The Kier molecular flexibility index (Phi) is 10.3. The van der Waals surface area contributed by atoms with Gasteiger partial charge in [0.2, 0.25) is 0 Å². The van der Waals surface area contributed by atoms with E-state index < -0.39 is 23.9 Å². The molecule has 0 fully saturated rings. The summed E-state index contributed by atoms with van der Waals surface area (Å²) in [6.07, 6.45) is 9.57. The molecule has 2 aromatic carbocycles. The lowest BCUT2D eigenvalue weighted by atomic mass is 9.98. The molecule has 0 bridgehead atoms. The van der Waals surface area contributed by atoms with Gasteiger partial charge in [-0.2, -0.15) is 0 Å². The highest BCUT2D eigenvalue weighted by atomic mass is 16.4. The molecule has 8 heteroatoms. The van der Waals surface area contributed by atoms with E-state index in [1.807, 2.05) is 0 Å². The van der Waals surface area contributed by atoms with Crippen LogP contribution in [0.4, 0.5) is 0 Å². The van der Waals surface area contributed by atoms with E-state index in [-0.39, 0.29) is 22.3 Å². The molecule has 0 radical (unpaired) electrons. The third kappa shape index (κ3) is 8.03. The summed E-state index contributed by atoms with van der Waals surface area (Å²) in [4.78, 5) is 44.7. The molecule has 34 heavy (non-hydrogen) atoms. The molecular formula is C26H30O8. The van der Waals surface area contributed by atoms with Crippen molar-refractivity contribution in [3.05, 3.63) is 69.8 Å².